The number of hydrogen-bond donors (Lipinski definition) is 1. The van der Waals surface area contributed by atoms with Crippen molar-refractivity contribution < 1.29 is 17.6 Å². The molecule has 2 heterocycles. The van der Waals surface area contributed by atoms with Crippen molar-refractivity contribution in [3.63, 3.8) is 0 Å². The highest BCUT2D eigenvalue weighted by atomic mass is 32.2. The van der Waals surface area contributed by atoms with E-state index in [9.17, 15) is 8.42 Å². The van der Waals surface area contributed by atoms with Gasteiger partial charge in [-0.25, -0.2) is 13.1 Å². The van der Waals surface area contributed by atoms with Gasteiger partial charge in [-0.05, 0) is 42.5 Å². The molecule has 1 aromatic carbocycles. The fourth-order valence-electron chi connectivity index (χ4n) is 3.34. The Kier molecular flexibility index (Phi) is 3.91. The molecule has 0 radical (unpaired) electrons. The van der Waals surface area contributed by atoms with Gasteiger partial charge in [-0.3, -0.25) is 0 Å². The lowest BCUT2D eigenvalue weighted by molar-refractivity contribution is 0.356. The first-order chi connectivity index (χ1) is 11.6. The molecule has 1 N–H and O–H groups in total. The van der Waals surface area contributed by atoms with Gasteiger partial charge in [0, 0.05) is 12.8 Å². The molecule has 1 aliphatic heterocycles. The van der Waals surface area contributed by atoms with Crippen LogP contribution in [-0.4, -0.2) is 25.2 Å². The number of rotatable bonds is 5. The smallest absolute Gasteiger partial charge is 0.329 e. The third-order valence-corrected chi connectivity index (χ3v) is 5.92. The highest BCUT2D eigenvalue weighted by molar-refractivity contribution is 7.92. The molecular formula is C16H19N3O4S. The van der Waals surface area contributed by atoms with Crippen molar-refractivity contribution in [1.29, 1.82) is 0 Å². The first-order valence-electron chi connectivity index (χ1n) is 8.21. The SMILES string of the molecule is O=S(=O)(Nc1nnc(CC2CCCC2)o1)c1ccc2c(c1)CCO2. The van der Waals surface area contributed by atoms with E-state index in [1.165, 1.54) is 31.7 Å². The molecule has 0 spiro atoms. The molecule has 0 atom stereocenters. The van der Waals surface area contributed by atoms with Crippen molar-refractivity contribution >= 4 is 16.0 Å². The van der Waals surface area contributed by atoms with Crippen LogP contribution in [0.15, 0.2) is 27.5 Å². The molecule has 1 fully saturated rings. The average molecular weight is 349 g/mol. The Labute approximate surface area is 140 Å². The van der Waals surface area contributed by atoms with E-state index in [0.29, 0.717) is 31.3 Å². The molecular weight excluding hydrogens is 330 g/mol. The number of hydrogen-bond acceptors (Lipinski definition) is 6. The number of anilines is 1. The predicted octanol–water partition coefficient (Wildman–Crippen LogP) is 2.54. The highest BCUT2D eigenvalue weighted by Crippen LogP contribution is 2.29. The van der Waals surface area contributed by atoms with E-state index < -0.39 is 10.0 Å². The lowest BCUT2D eigenvalue weighted by atomic mass is 10.0. The third-order valence-electron chi connectivity index (χ3n) is 4.60. The average Bonchev–Trinajstić information content (AvgIpc) is 3.28. The fourth-order valence-corrected chi connectivity index (χ4v) is 4.32. The number of nitrogens with zero attached hydrogens (tertiary/aromatic N) is 2. The Morgan fingerprint density at radius 3 is 2.88 bits per heavy atom. The lowest BCUT2D eigenvalue weighted by Crippen LogP contribution is -2.13. The Morgan fingerprint density at radius 1 is 1.21 bits per heavy atom. The van der Waals surface area contributed by atoms with E-state index in [4.69, 9.17) is 9.15 Å². The van der Waals surface area contributed by atoms with Crippen LogP contribution in [-0.2, 0) is 22.9 Å². The molecule has 1 saturated carbocycles. The van der Waals surface area contributed by atoms with Gasteiger partial charge in [0.1, 0.15) is 5.75 Å². The summed E-state index contributed by atoms with van der Waals surface area (Å²) in [4.78, 5) is 0.169. The van der Waals surface area contributed by atoms with E-state index in [1.807, 2.05) is 0 Å². The van der Waals surface area contributed by atoms with Crippen molar-refractivity contribution in [2.75, 3.05) is 11.3 Å². The Morgan fingerprint density at radius 2 is 2.04 bits per heavy atom. The van der Waals surface area contributed by atoms with Gasteiger partial charge in [0.25, 0.3) is 10.0 Å². The molecule has 128 valence electrons. The van der Waals surface area contributed by atoms with Crippen LogP contribution in [0.5, 0.6) is 5.75 Å². The van der Waals surface area contributed by atoms with Gasteiger partial charge in [-0.1, -0.05) is 17.9 Å². The summed E-state index contributed by atoms with van der Waals surface area (Å²) in [6.07, 6.45) is 6.23. The van der Waals surface area contributed by atoms with Crippen molar-refractivity contribution in [3.8, 4) is 5.75 Å². The Balaban J connectivity index is 1.48. The maximum atomic E-state index is 12.5. The van der Waals surface area contributed by atoms with Gasteiger partial charge in [-0.2, -0.15) is 0 Å². The first kappa shape index (κ1) is 15.4. The second kappa shape index (κ2) is 6.08. The van der Waals surface area contributed by atoms with Crippen molar-refractivity contribution in [2.45, 2.75) is 43.4 Å². The number of aromatic nitrogens is 2. The molecule has 0 bridgehead atoms. The summed E-state index contributed by atoms with van der Waals surface area (Å²) in [5, 5.41) is 7.76. The molecule has 1 aliphatic carbocycles. The van der Waals surface area contributed by atoms with E-state index in [0.717, 1.165) is 11.3 Å². The number of nitrogens with one attached hydrogen (secondary N) is 1. The van der Waals surface area contributed by atoms with Crippen LogP contribution >= 0.6 is 0 Å². The fraction of sp³-hybridized carbons (Fsp3) is 0.500. The predicted molar refractivity (Wildman–Crippen MR) is 86.4 cm³/mol. The standard InChI is InChI=1S/C16H19N3O4S/c20-24(21,13-5-6-14-12(10-13)7-8-22-14)19-16-18-17-15(23-16)9-11-3-1-2-4-11/h5-6,10-11H,1-4,7-9H2,(H,18,19). The third kappa shape index (κ3) is 3.10. The van der Waals surface area contributed by atoms with E-state index in [1.54, 1.807) is 12.1 Å². The molecule has 4 rings (SSSR count). The van der Waals surface area contributed by atoms with Crippen LogP contribution in [0.3, 0.4) is 0 Å². The van der Waals surface area contributed by atoms with Gasteiger partial charge in [0.15, 0.2) is 0 Å². The van der Waals surface area contributed by atoms with Crippen LogP contribution < -0.4 is 9.46 Å². The number of fused-ring (bicyclic) bond motifs is 1. The zero-order valence-corrected chi connectivity index (χ0v) is 14.0. The minimum Gasteiger partial charge on any atom is -0.493 e. The van der Waals surface area contributed by atoms with Crippen molar-refractivity contribution in [1.82, 2.24) is 10.2 Å². The maximum Gasteiger partial charge on any atom is 0.329 e. The number of ether oxygens (including phenoxy) is 1. The van der Waals surface area contributed by atoms with Gasteiger partial charge in [-0.15, -0.1) is 5.10 Å². The zero-order valence-electron chi connectivity index (χ0n) is 13.2. The van der Waals surface area contributed by atoms with Crippen LogP contribution in [0, 0.1) is 5.92 Å². The molecule has 2 aliphatic rings. The summed E-state index contributed by atoms with van der Waals surface area (Å²) in [6.45, 7) is 0.584. The topological polar surface area (TPSA) is 94.3 Å². The van der Waals surface area contributed by atoms with E-state index >= 15 is 0 Å². The summed E-state index contributed by atoms with van der Waals surface area (Å²) in [6, 6.07) is 4.73. The summed E-state index contributed by atoms with van der Waals surface area (Å²) < 4.78 is 38.2. The zero-order chi connectivity index (χ0) is 16.6. The van der Waals surface area contributed by atoms with Crippen molar-refractivity contribution in [3.05, 3.63) is 29.7 Å². The van der Waals surface area contributed by atoms with E-state index in [2.05, 4.69) is 14.9 Å². The number of benzene rings is 1. The number of sulfonamides is 1. The summed E-state index contributed by atoms with van der Waals surface area (Å²) in [5.74, 6) is 1.79. The summed E-state index contributed by atoms with van der Waals surface area (Å²) in [5.41, 5.74) is 0.894. The first-order valence-corrected chi connectivity index (χ1v) is 9.69. The van der Waals surface area contributed by atoms with E-state index in [-0.39, 0.29) is 10.9 Å². The van der Waals surface area contributed by atoms with Gasteiger partial charge in [0.2, 0.25) is 5.89 Å². The molecule has 1 aromatic heterocycles. The molecule has 0 amide bonds. The van der Waals surface area contributed by atoms with Gasteiger partial charge < -0.3 is 9.15 Å². The van der Waals surface area contributed by atoms with Crippen molar-refractivity contribution in [2.24, 2.45) is 5.92 Å². The minimum atomic E-state index is -3.75. The van der Waals surface area contributed by atoms with Gasteiger partial charge >= 0.3 is 6.01 Å². The molecule has 24 heavy (non-hydrogen) atoms. The molecule has 7 nitrogen and oxygen atoms in total. The largest absolute Gasteiger partial charge is 0.493 e. The molecule has 8 heteroatoms. The summed E-state index contributed by atoms with van der Waals surface area (Å²) >= 11 is 0. The second-order valence-corrected chi connectivity index (χ2v) is 8.01. The maximum absolute atomic E-state index is 12.5. The second-order valence-electron chi connectivity index (χ2n) is 6.33. The normalized spacial score (nSPS) is 17.7. The quantitative estimate of drug-likeness (QED) is 0.891. The van der Waals surface area contributed by atoms with Crippen LogP contribution in [0.25, 0.3) is 0 Å². The molecule has 0 saturated heterocycles. The Hall–Kier alpha value is -2.09. The molecule has 0 unspecified atom stereocenters. The lowest BCUT2D eigenvalue weighted by Gasteiger charge is -2.06. The summed E-state index contributed by atoms with van der Waals surface area (Å²) in [7, 11) is -3.75. The monoisotopic (exact) mass is 349 g/mol. The van der Waals surface area contributed by atoms with Crippen LogP contribution in [0.2, 0.25) is 0 Å². The Bertz CT molecular complexity index is 841. The van der Waals surface area contributed by atoms with Crippen LogP contribution in [0.1, 0.15) is 37.1 Å². The van der Waals surface area contributed by atoms with Crippen LogP contribution in [0.4, 0.5) is 6.01 Å². The van der Waals surface area contributed by atoms with Gasteiger partial charge in [0.05, 0.1) is 11.5 Å². The minimum absolute atomic E-state index is 0.0836. The highest BCUT2D eigenvalue weighted by Gasteiger charge is 2.23. The molecule has 2 aromatic rings.